The smallest absolute Gasteiger partial charge is 0.147 e. The molecule has 26 heavy (non-hydrogen) atoms. The minimum atomic E-state index is -0.103. The first-order chi connectivity index (χ1) is 12.9. The molecule has 0 radical (unpaired) electrons. The van der Waals surface area contributed by atoms with Gasteiger partial charge in [-0.05, 0) is 22.8 Å². The number of hydrogen-bond acceptors (Lipinski definition) is 3. The fourth-order valence-electron chi connectivity index (χ4n) is 4.25. The van der Waals surface area contributed by atoms with Gasteiger partial charge in [0, 0.05) is 17.4 Å². The minimum absolute atomic E-state index is 0.0128. The van der Waals surface area contributed by atoms with Crippen LogP contribution in [0.3, 0.4) is 0 Å². The van der Waals surface area contributed by atoms with Crippen LogP contribution in [0.25, 0.3) is 0 Å². The maximum Gasteiger partial charge on any atom is 0.147 e. The third-order valence-corrected chi connectivity index (χ3v) is 7.17. The Morgan fingerprint density at radius 1 is 0.885 bits per heavy atom. The van der Waals surface area contributed by atoms with Crippen LogP contribution in [0.4, 0.5) is 5.69 Å². The summed E-state index contributed by atoms with van der Waals surface area (Å²) in [6.45, 7) is 0.748. The Hall–Kier alpha value is -2.23. The first kappa shape index (κ1) is 16.0. The molecule has 3 aromatic carbocycles. The second-order valence-corrected chi connectivity index (χ2v) is 8.19. The van der Waals surface area contributed by atoms with Crippen molar-refractivity contribution in [2.75, 3.05) is 11.9 Å². The van der Waals surface area contributed by atoms with E-state index in [9.17, 15) is 0 Å². The minimum Gasteiger partial charge on any atom is -0.358 e. The number of benzene rings is 3. The van der Waals surface area contributed by atoms with Crippen molar-refractivity contribution in [1.29, 1.82) is 0 Å². The standard InChI is InChI=1S/C23H21NOS/c1-3-9-17(10-4-1)16-26-23-19-13-7-8-14-21(19)24-22(23)25-15-20(23)18-11-5-2-6-12-18/h1-14,20,22,24H,15-16H2/t20-,22+,23+/m1/s1. The summed E-state index contributed by atoms with van der Waals surface area (Å²) in [6.07, 6.45) is 0.0128. The van der Waals surface area contributed by atoms with Crippen LogP contribution in [0.1, 0.15) is 22.6 Å². The Balaban J connectivity index is 1.59. The molecule has 2 aliphatic heterocycles. The highest BCUT2D eigenvalue weighted by molar-refractivity contribution is 7.99. The van der Waals surface area contributed by atoms with E-state index in [-0.39, 0.29) is 11.0 Å². The van der Waals surface area contributed by atoms with E-state index in [2.05, 4.69) is 90.2 Å². The highest BCUT2D eigenvalue weighted by atomic mass is 32.2. The van der Waals surface area contributed by atoms with Gasteiger partial charge in [0.1, 0.15) is 6.23 Å². The molecule has 1 fully saturated rings. The lowest BCUT2D eigenvalue weighted by molar-refractivity contribution is 0.123. The lowest BCUT2D eigenvalue weighted by atomic mass is 9.83. The van der Waals surface area contributed by atoms with E-state index >= 15 is 0 Å². The molecular weight excluding hydrogens is 338 g/mol. The van der Waals surface area contributed by atoms with Gasteiger partial charge in [-0.2, -0.15) is 0 Å². The number of fused-ring (bicyclic) bond motifs is 3. The fourth-order valence-corrected chi connectivity index (χ4v) is 5.87. The summed E-state index contributed by atoms with van der Waals surface area (Å²) >= 11 is 2.01. The van der Waals surface area contributed by atoms with Crippen LogP contribution in [0.5, 0.6) is 0 Å². The molecule has 3 atom stereocenters. The lowest BCUT2D eigenvalue weighted by Crippen LogP contribution is -2.35. The Bertz CT molecular complexity index is 898. The average Bonchev–Trinajstić information content (AvgIpc) is 3.22. The Morgan fingerprint density at radius 2 is 1.58 bits per heavy atom. The number of nitrogens with one attached hydrogen (secondary N) is 1. The largest absolute Gasteiger partial charge is 0.358 e. The molecule has 3 heteroatoms. The van der Waals surface area contributed by atoms with Crippen molar-refractivity contribution in [3.8, 4) is 0 Å². The monoisotopic (exact) mass is 359 g/mol. The van der Waals surface area contributed by atoms with Gasteiger partial charge in [0.15, 0.2) is 0 Å². The van der Waals surface area contributed by atoms with Crippen LogP contribution in [-0.4, -0.2) is 12.8 Å². The molecule has 0 saturated carbocycles. The zero-order chi connectivity index (χ0) is 17.4. The first-order valence-electron chi connectivity index (χ1n) is 9.08. The normalized spacial score (nSPS) is 26.2. The number of hydrogen-bond donors (Lipinski definition) is 1. The molecule has 3 aromatic rings. The van der Waals surface area contributed by atoms with E-state index < -0.39 is 0 Å². The summed E-state index contributed by atoms with van der Waals surface area (Å²) in [7, 11) is 0. The summed E-state index contributed by atoms with van der Waals surface area (Å²) in [6, 6.07) is 30.2. The Kier molecular flexibility index (Phi) is 3.99. The molecule has 2 nitrogen and oxygen atoms in total. The van der Waals surface area contributed by atoms with E-state index in [0.29, 0.717) is 5.92 Å². The van der Waals surface area contributed by atoms with Crippen molar-refractivity contribution < 1.29 is 4.74 Å². The van der Waals surface area contributed by atoms with E-state index in [4.69, 9.17) is 4.74 Å². The van der Waals surface area contributed by atoms with Crippen LogP contribution < -0.4 is 5.32 Å². The third kappa shape index (κ3) is 2.46. The SMILES string of the molecule is c1ccc(CS[C@]23c4ccccc4N[C@H]2OC[C@@H]3c2ccccc2)cc1. The van der Waals surface area contributed by atoms with Gasteiger partial charge in [0.05, 0.1) is 11.4 Å². The lowest BCUT2D eigenvalue weighted by Gasteiger charge is -2.34. The van der Waals surface area contributed by atoms with Crippen LogP contribution >= 0.6 is 11.8 Å². The van der Waals surface area contributed by atoms with Gasteiger partial charge in [0.2, 0.25) is 0 Å². The number of rotatable bonds is 4. The molecule has 0 bridgehead atoms. The van der Waals surface area contributed by atoms with E-state index in [1.807, 2.05) is 11.8 Å². The van der Waals surface area contributed by atoms with Gasteiger partial charge in [-0.25, -0.2) is 0 Å². The molecule has 0 unspecified atom stereocenters. The van der Waals surface area contributed by atoms with Gasteiger partial charge < -0.3 is 10.1 Å². The highest BCUT2D eigenvalue weighted by Gasteiger charge is 2.58. The topological polar surface area (TPSA) is 21.3 Å². The molecule has 0 aromatic heterocycles. The number of thioether (sulfide) groups is 1. The Labute approximate surface area is 158 Å². The summed E-state index contributed by atoms with van der Waals surface area (Å²) in [5.74, 6) is 1.30. The summed E-state index contributed by atoms with van der Waals surface area (Å²) in [5, 5.41) is 3.63. The van der Waals surface area contributed by atoms with Crippen LogP contribution in [-0.2, 0) is 15.2 Å². The second kappa shape index (κ2) is 6.49. The third-order valence-electron chi connectivity index (χ3n) is 5.49. The van der Waals surface area contributed by atoms with Crippen molar-refractivity contribution in [1.82, 2.24) is 0 Å². The van der Waals surface area contributed by atoms with Gasteiger partial charge in [-0.15, -0.1) is 11.8 Å². The highest BCUT2D eigenvalue weighted by Crippen LogP contribution is 2.61. The van der Waals surface area contributed by atoms with Crippen LogP contribution in [0, 0.1) is 0 Å². The van der Waals surface area contributed by atoms with Crippen molar-refractivity contribution in [2.24, 2.45) is 0 Å². The quantitative estimate of drug-likeness (QED) is 0.676. The van der Waals surface area contributed by atoms with Gasteiger partial charge in [0.25, 0.3) is 0 Å². The van der Waals surface area contributed by atoms with Crippen molar-refractivity contribution in [3.05, 3.63) is 102 Å². The summed E-state index contributed by atoms with van der Waals surface area (Å²) < 4.78 is 6.18. The second-order valence-electron chi connectivity index (χ2n) is 6.93. The van der Waals surface area contributed by atoms with Crippen molar-refractivity contribution in [3.63, 3.8) is 0 Å². The van der Waals surface area contributed by atoms with Crippen molar-refractivity contribution >= 4 is 17.4 Å². The van der Waals surface area contributed by atoms with Gasteiger partial charge in [-0.3, -0.25) is 0 Å². The molecule has 1 N–H and O–H groups in total. The zero-order valence-electron chi connectivity index (χ0n) is 14.5. The molecule has 0 spiro atoms. The maximum absolute atomic E-state index is 6.29. The first-order valence-corrected chi connectivity index (χ1v) is 10.1. The molecule has 0 amide bonds. The van der Waals surface area contributed by atoms with Crippen LogP contribution in [0.2, 0.25) is 0 Å². The predicted molar refractivity (Wildman–Crippen MR) is 108 cm³/mol. The predicted octanol–water partition coefficient (Wildman–Crippen LogP) is 5.38. The van der Waals surface area contributed by atoms with Crippen molar-refractivity contribution in [2.45, 2.75) is 22.6 Å². The summed E-state index contributed by atoms with van der Waals surface area (Å²) in [5.41, 5.74) is 5.29. The molecular formula is C23H21NOS. The van der Waals surface area contributed by atoms with Crippen LogP contribution in [0.15, 0.2) is 84.9 Å². The summed E-state index contributed by atoms with van der Waals surface area (Å²) in [4.78, 5) is 0. The molecule has 0 aliphatic carbocycles. The number of ether oxygens (including phenoxy) is 1. The zero-order valence-corrected chi connectivity index (χ0v) is 15.3. The van der Waals surface area contributed by atoms with E-state index in [1.54, 1.807) is 0 Å². The van der Waals surface area contributed by atoms with Gasteiger partial charge >= 0.3 is 0 Å². The molecule has 5 rings (SSSR count). The number of anilines is 1. The molecule has 2 aliphatic rings. The van der Waals surface area contributed by atoms with E-state index in [0.717, 1.165) is 12.4 Å². The molecule has 1 saturated heterocycles. The van der Waals surface area contributed by atoms with Gasteiger partial charge in [-0.1, -0.05) is 78.9 Å². The van der Waals surface area contributed by atoms with E-state index in [1.165, 1.54) is 22.4 Å². The maximum atomic E-state index is 6.29. The molecule has 130 valence electrons. The fraction of sp³-hybridized carbons (Fsp3) is 0.217. The average molecular weight is 359 g/mol. The number of para-hydroxylation sites is 1. The molecule has 2 heterocycles. The Morgan fingerprint density at radius 3 is 2.38 bits per heavy atom.